The van der Waals surface area contributed by atoms with Crippen molar-refractivity contribution in [3.63, 3.8) is 0 Å². The molecule has 2 aliphatic rings. The van der Waals surface area contributed by atoms with Gasteiger partial charge >= 0.3 is 5.97 Å². The topological polar surface area (TPSA) is 57.6 Å². The van der Waals surface area contributed by atoms with Crippen molar-refractivity contribution in [3.8, 4) is 0 Å². The van der Waals surface area contributed by atoms with Crippen molar-refractivity contribution < 1.29 is 14.7 Å². The molecular formula is C18H23NO3S2. The fourth-order valence-corrected chi connectivity index (χ4v) is 5.68. The first-order chi connectivity index (χ1) is 11.6. The van der Waals surface area contributed by atoms with Gasteiger partial charge in [-0.1, -0.05) is 19.1 Å². The van der Waals surface area contributed by atoms with Crippen LogP contribution in [0, 0.1) is 5.92 Å². The molecule has 1 amide bonds. The highest BCUT2D eigenvalue weighted by molar-refractivity contribution is 8.16. The molecule has 1 atom stereocenters. The molecule has 0 bridgehead atoms. The summed E-state index contributed by atoms with van der Waals surface area (Å²) in [6.07, 6.45) is 3.22. The molecule has 3 rings (SSSR count). The molecule has 1 unspecified atom stereocenters. The summed E-state index contributed by atoms with van der Waals surface area (Å²) < 4.78 is 0.467. The number of hydrogen-bond acceptors (Lipinski definition) is 4. The van der Waals surface area contributed by atoms with Crippen LogP contribution in [0.4, 0.5) is 0 Å². The van der Waals surface area contributed by atoms with Crippen LogP contribution in [0.5, 0.6) is 0 Å². The molecule has 0 radical (unpaired) electrons. The van der Waals surface area contributed by atoms with Crippen LogP contribution in [0.2, 0.25) is 0 Å². The van der Waals surface area contributed by atoms with Gasteiger partial charge in [-0.2, -0.15) is 0 Å². The molecule has 1 N–H and O–H groups in total. The fourth-order valence-electron chi connectivity index (χ4n) is 2.79. The van der Waals surface area contributed by atoms with Crippen molar-refractivity contribution in [1.82, 2.24) is 4.90 Å². The van der Waals surface area contributed by atoms with Crippen molar-refractivity contribution >= 4 is 35.4 Å². The summed E-state index contributed by atoms with van der Waals surface area (Å²) in [5.41, 5.74) is 1.92. The molecule has 4 nitrogen and oxygen atoms in total. The Morgan fingerprint density at radius 2 is 1.83 bits per heavy atom. The van der Waals surface area contributed by atoms with Crippen LogP contribution >= 0.6 is 23.5 Å². The number of hydrogen-bond donors (Lipinski definition) is 1. The summed E-state index contributed by atoms with van der Waals surface area (Å²) in [7, 11) is 0. The highest BCUT2D eigenvalue weighted by Gasteiger charge is 2.35. The van der Waals surface area contributed by atoms with E-state index < -0.39 is 11.9 Å². The van der Waals surface area contributed by atoms with Crippen LogP contribution in [-0.4, -0.2) is 46.0 Å². The Kier molecular flexibility index (Phi) is 5.76. The van der Waals surface area contributed by atoms with Crippen molar-refractivity contribution in [2.75, 3.05) is 18.1 Å². The second-order valence-electron chi connectivity index (χ2n) is 6.48. The summed E-state index contributed by atoms with van der Waals surface area (Å²) in [5.74, 6) is 0.960. The summed E-state index contributed by atoms with van der Waals surface area (Å²) in [6.45, 7) is 1.94. The maximum Gasteiger partial charge on any atom is 0.308 e. The van der Waals surface area contributed by atoms with Gasteiger partial charge in [0.05, 0.1) is 10.5 Å². The predicted molar refractivity (Wildman–Crippen MR) is 99.6 cm³/mol. The van der Waals surface area contributed by atoms with E-state index in [1.54, 1.807) is 11.8 Å². The molecule has 2 fully saturated rings. The third-order valence-electron chi connectivity index (χ3n) is 4.40. The Morgan fingerprint density at radius 1 is 1.21 bits per heavy atom. The number of carboxylic acid groups (broad SMARTS) is 1. The molecule has 24 heavy (non-hydrogen) atoms. The molecule has 6 heteroatoms. The number of rotatable bonds is 6. The largest absolute Gasteiger partial charge is 0.481 e. The van der Waals surface area contributed by atoms with Crippen LogP contribution in [-0.2, 0) is 4.79 Å². The van der Waals surface area contributed by atoms with E-state index in [0.29, 0.717) is 10.1 Å². The van der Waals surface area contributed by atoms with Crippen LogP contribution < -0.4 is 0 Å². The van der Waals surface area contributed by atoms with Gasteiger partial charge in [0, 0.05) is 18.2 Å². The molecule has 1 aliphatic carbocycles. The predicted octanol–water partition coefficient (Wildman–Crippen LogP) is 3.88. The van der Waals surface area contributed by atoms with Crippen LogP contribution in [0.25, 0.3) is 0 Å². The van der Waals surface area contributed by atoms with E-state index in [0.717, 1.165) is 12.8 Å². The zero-order chi connectivity index (χ0) is 17.1. The van der Waals surface area contributed by atoms with Gasteiger partial charge in [-0.25, -0.2) is 0 Å². The second-order valence-corrected chi connectivity index (χ2v) is 9.20. The number of benzene rings is 1. The molecule has 0 spiro atoms. The Balaban J connectivity index is 1.69. The molecule has 130 valence electrons. The average molecular weight is 366 g/mol. The lowest BCUT2D eigenvalue weighted by atomic mass is 10.1. The second kappa shape index (κ2) is 7.83. The standard InChI is InChI=1S/C18H23NO3S2/c1-12(17(21)22)11-19(15-7-8-15)16(20)13-3-5-14(6-4-13)18-23-9-2-10-24-18/h3-6,12,15,18H,2,7-11H2,1H3,(H,21,22). The highest BCUT2D eigenvalue weighted by Crippen LogP contribution is 2.43. The molecule has 1 aromatic carbocycles. The van der Waals surface area contributed by atoms with Gasteiger partial charge in [-0.15, -0.1) is 23.5 Å². The average Bonchev–Trinajstić information content (AvgIpc) is 3.44. The SMILES string of the molecule is CC(CN(C(=O)c1ccc(C2SCCCS2)cc1)C1CC1)C(=O)O. The minimum atomic E-state index is -0.852. The monoisotopic (exact) mass is 365 g/mol. The van der Waals surface area contributed by atoms with Crippen LogP contribution in [0.3, 0.4) is 0 Å². The minimum absolute atomic E-state index is 0.0406. The summed E-state index contributed by atoms with van der Waals surface area (Å²) in [5, 5.41) is 9.12. The van der Waals surface area contributed by atoms with E-state index in [1.807, 2.05) is 35.7 Å². The third kappa shape index (κ3) is 4.28. The number of amides is 1. The summed E-state index contributed by atoms with van der Waals surface area (Å²) >= 11 is 3.93. The van der Waals surface area contributed by atoms with Crippen molar-refractivity contribution in [3.05, 3.63) is 35.4 Å². The molecule has 1 aliphatic heterocycles. The van der Waals surface area contributed by atoms with E-state index in [9.17, 15) is 9.59 Å². The first-order valence-electron chi connectivity index (χ1n) is 8.43. The van der Waals surface area contributed by atoms with Gasteiger partial charge < -0.3 is 10.0 Å². The number of aliphatic carboxylic acids is 1. The number of carbonyl (C=O) groups is 2. The Morgan fingerprint density at radius 3 is 2.38 bits per heavy atom. The third-order valence-corrected chi connectivity index (χ3v) is 7.41. The molecule has 1 aromatic rings. The van der Waals surface area contributed by atoms with Crippen LogP contribution in [0.15, 0.2) is 24.3 Å². The van der Waals surface area contributed by atoms with Gasteiger partial charge in [0.15, 0.2) is 0 Å². The minimum Gasteiger partial charge on any atom is -0.481 e. The maximum atomic E-state index is 12.8. The van der Waals surface area contributed by atoms with Crippen molar-refractivity contribution in [2.24, 2.45) is 5.92 Å². The Bertz CT molecular complexity index is 595. The lowest BCUT2D eigenvalue weighted by Gasteiger charge is -2.25. The number of thioether (sulfide) groups is 2. The number of carbonyl (C=O) groups excluding carboxylic acids is 1. The lowest BCUT2D eigenvalue weighted by Crippen LogP contribution is -2.38. The fraction of sp³-hybridized carbons (Fsp3) is 0.556. The zero-order valence-electron chi connectivity index (χ0n) is 13.8. The van der Waals surface area contributed by atoms with E-state index in [-0.39, 0.29) is 18.5 Å². The summed E-state index contributed by atoms with van der Waals surface area (Å²) in [4.78, 5) is 25.7. The molecule has 1 heterocycles. The zero-order valence-corrected chi connectivity index (χ0v) is 15.4. The first-order valence-corrected chi connectivity index (χ1v) is 10.5. The Labute approximate surface area is 151 Å². The smallest absolute Gasteiger partial charge is 0.308 e. The quantitative estimate of drug-likeness (QED) is 0.829. The van der Waals surface area contributed by atoms with Crippen molar-refractivity contribution in [2.45, 2.75) is 36.8 Å². The maximum absolute atomic E-state index is 12.8. The van der Waals surface area contributed by atoms with Crippen LogP contribution in [0.1, 0.15) is 46.7 Å². The van der Waals surface area contributed by atoms with Gasteiger partial charge in [-0.05, 0) is 48.5 Å². The van der Waals surface area contributed by atoms with Crippen molar-refractivity contribution in [1.29, 1.82) is 0 Å². The number of nitrogens with zero attached hydrogens (tertiary/aromatic N) is 1. The van der Waals surface area contributed by atoms with Gasteiger partial charge in [0.1, 0.15) is 0 Å². The van der Waals surface area contributed by atoms with E-state index in [1.165, 1.54) is 23.5 Å². The highest BCUT2D eigenvalue weighted by atomic mass is 32.2. The van der Waals surface area contributed by atoms with E-state index in [4.69, 9.17) is 5.11 Å². The molecular weight excluding hydrogens is 342 g/mol. The number of carboxylic acids is 1. The molecule has 0 aromatic heterocycles. The first kappa shape index (κ1) is 17.7. The summed E-state index contributed by atoms with van der Waals surface area (Å²) in [6, 6.07) is 8.11. The van der Waals surface area contributed by atoms with Gasteiger partial charge in [0.25, 0.3) is 5.91 Å². The lowest BCUT2D eigenvalue weighted by molar-refractivity contribution is -0.141. The van der Waals surface area contributed by atoms with E-state index in [2.05, 4.69) is 12.1 Å². The van der Waals surface area contributed by atoms with Gasteiger partial charge in [-0.3, -0.25) is 9.59 Å². The normalized spacial score (nSPS) is 19.7. The van der Waals surface area contributed by atoms with E-state index >= 15 is 0 Å². The molecule has 1 saturated heterocycles. The molecule has 1 saturated carbocycles. The Hall–Kier alpha value is -1.14. The van der Waals surface area contributed by atoms with Gasteiger partial charge in [0.2, 0.25) is 0 Å².